The molecule has 5 nitrogen and oxygen atoms in total. The number of nitrogens with one attached hydrogen (secondary N) is 1. The lowest BCUT2D eigenvalue weighted by Gasteiger charge is -2.21. The number of piperidine rings is 1. The zero-order valence-corrected chi connectivity index (χ0v) is 11.0. The summed E-state index contributed by atoms with van der Waals surface area (Å²) < 4.78 is 2.59. The Labute approximate surface area is 111 Å². The van der Waals surface area contributed by atoms with E-state index in [1.807, 2.05) is 28.9 Å². The molecule has 92 valence electrons. The summed E-state index contributed by atoms with van der Waals surface area (Å²) in [6.45, 7) is 0. The van der Waals surface area contributed by atoms with Crippen LogP contribution in [-0.4, -0.2) is 21.2 Å². The van der Waals surface area contributed by atoms with Gasteiger partial charge in [-0.15, -0.1) is 0 Å². The van der Waals surface area contributed by atoms with Crippen LogP contribution < -0.4 is 5.32 Å². The van der Waals surface area contributed by atoms with Crippen molar-refractivity contribution in [2.75, 3.05) is 0 Å². The number of nitrogens with zero attached hydrogens (tertiary/aromatic N) is 2. The Hall–Kier alpha value is -1.69. The van der Waals surface area contributed by atoms with Crippen LogP contribution in [0.3, 0.4) is 0 Å². The molecule has 18 heavy (non-hydrogen) atoms. The molecule has 1 aliphatic rings. The molecule has 2 amide bonds. The van der Waals surface area contributed by atoms with Gasteiger partial charge in [-0.3, -0.25) is 14.9 Å². The molecular weight excluding hydrogens is 298 g/mol. The molecule has 3 rings (SSSR count). The number of carbonyl (C=O) groups excluding carboxylic acids is 2. The lowest BCUT2D eigenvalue weighted by atomic mass is 9.91. The van der Waals surface area contributed by atoms with Crippen molar-refractivity contribution in [3.05, 3.63) is 34.7 Å². The standard InChI is InChI=1S/C12H10BrN3O2/c13-9-6-16-5-1-2-7(11(16)14-9)8-3-4-10(17)15-12(8)18/h1-2,5-6,8H,3-4H2,(H,15,17,18). The van der Waals surface area contributed by atoms with Gasteiger partial charge in [0.1, 0.15) is 10.3 Å². The molecule has 1 aliphatic heterocycles. The van der Waals surface area contributed by atoms with Gasteiger partial charge in [0.05, 0.1) is 5.92 Å². The minimum atomic E-state index is -0.305. The predicted molar refractivity (Wildman–Crippen MR) is 68.0 cm³/mol. The van der Waals surface area contributed by atoms with Crippen LogP contribution in [0.2, 0.25) is 0 Å². The predicted octanol–water partition coefficient (Wildman–Crippen LogP) is 1.62. The van der Waals surface area contributed by atoms with Gasteiger partial charge >= 0.3 is 0 Å². The highest BCUT2D eigenvalue weighted by Crippen LogP contribution is 2.28. The van der Waals surface area contributed by atoms with Crippen molar-refractivity contribution in [1.29, 1.82) is 0 Å². The molecule has 2 aromatic heterocycles. The normalized spacial score (nSPS) is 20.2. The van der Waals surface area contributed by atoms with Gasteiger partial charge in [-0.2, -0.15) is 0 Å². The minimum Gasteiger partial charge on any atom is -0.306 e. The highest BCUT2D eigenvalue weighted by atomic mass is 79.9. The summed E-state index contributed by atoms with van der Waals surface area (Å²) in [5.74, 6) is -0.744. The summed E-state index contributed by atoms with van der Waals surface area (Å²) in [6, 6.07) is 3.76. The fourth-order valence-electron chi connectivity index (χ4n) is 2.27. The molecule has 0 aliphatic carbocycles. The molecule has 1 unspecified atom stereocenters. The zero-order chi connectivity index (χ0) is 12.7. The number of rotatable bonds is 1. The molecule has 6 heteroatoms. The lowest BCUT2D eigenvalue weighted by Crippen LogP contribution is -2.39. The average molecular weight is 308 g/mol. The van der Waals surface area contributed by atoms with Crippen LogP contribution in [0.5, 0.6) is 0 Å². The Morgan fingerprint density at radius 3 is 3.06 bits per heavy atom. The van der Waals surface area contributed by atoms with Crippen molar-refractivity contribution >= 4 is 33.4 Å². The van der Waals surface area contributed by atoms with Gasteiger partial charge in [0.25, 0.3) is 0 Å². The SMILES string of the molecule is O=C1CCC(c2cccn3cc(Br)nc23)C(=O)N1. The van der Waals surface area contributed by atoms with Crippen molar-refractivity contribution < 1.29 is 9.59 Å². The first-order chi connectivity index (χ1) is 8.65. The van der Waals surface area contributed by atoms with Crippen LogP contribution in [0, 0.1) is 0 Å². The fraction of sp³-hybridized carbons (Fsp3) is 0.250. The third kappa shape index (κ3) is 1.82. The van der Waals surface area contributed by atoms with Crippen LogP contribution in [0.15, 0.2) is 29.1 Å². The van der Waals surface area contributed by atoms with Gasteiger partial charge in [0.2, 0.25) is 11.8 Å². The first-order valence-electron chi connectivity index (χ1n) is 5.62. The second-order valence-corrected chi connectivity index (χ2v) is 5.07. The summed E-state index contributed by atoms with van der Waals surface area (Å²) >= 11 is 3.32. The summed E-state index contributed by atoms with van der Waals surface area (Å²) in [7, 11) is 0. The molecular formula is C12H10BrN3O2. The zero-order valence-electron chi connectivity index (χ0n) is 9.39. The molecule has 3 heterocycles. The van der Waals surface area contributed by atoms with Gasteiger partial charge in [0, 0.05) is 24.4 Å². The van der Waals surface area contributed by atoms with E-state index in [0.29, 0.717) is 12.8 Å². The van der Waals surface area contributed by atoms with E-state index < -0.39 is 0 Å². The maximum Gasteiger partial charge on any atom is 0.234 e. The van der Waals surface area contributed by atoms with Gasteiger partial charge in [-0.1, -0.05) is 6.07 Å². The highest BCUT2D eigenvalue weighted by molar-refractivity contribution is 9.10. The third-order valence-electron chi connectivity index (χ3n) is 3.10. The Balaban J connectivity index is 2.08. The molecule has 1 saturated heterocycles. The van der Waals surface area contributed by atoms with E-state index in [4.69, 9.17) is 0 Å². The molecule has 1 atom stereocenters. The first-order valence-corrected chi connectivity index (χ1v) is 6.41. The van der Waals surface area contributed by atoms with Crippen LogP contribution in [0.4, 0.5) is 0 Å². The van der Waals surface area contributed by atoms with E-state index in [2.05, 4.69) is 26.2 Å². The molecule has 1 N–H and O–H groups in total. The Morgan fingerprint density at radius 2 is 2.28 bits per heavy atom. The van der Waals surface area contributed by atoms with Crippen molar-refractivity contribution in [1.82, 2.24) is 14.7 Å². The maximum absolute atomic E-state index is 11.9. The quantitative estimate of drug-likeness (QED) is 0.814. The van der Waals surface area contributed by atoms with Gasteiger partial charge in [-0.25, -0.2) is 4.98 Å². The topological polar surface area (TPSA) is 63.5 Å². The average Bonchev–Trinajstić information content (AvgIpc) is 2.69. The Bertz CT molecular complexity index is 650. The number of hydrogen-bond acceptors (Lipinski definition) is 3. The summed E-state index contributed by atoms with van der Waals surface area (Å²) in [4.78, 5) is 27.4. The van der Waals surface area contributed by atoms with E-state index in [-0.39, 0.29) is 17.7 Å². The van der Waals surface area contributed by atoms with Gasteiger partial charge in [-0.05, 0) is 28.4 Å². The minimum absolute atomic E-state index is 0.201. The van der Waals surface area contributed by atoms with Gasteiger partial charge in [0.15, 0.2) is 0 Å². The molecule has 0 radical (unpaired) electrons. The van der Waals surface area contributed by atoms with E-state index in [1.165, 1.54) is 0 Å². The molecule has 0 saturated carbocycles. The Kier molecular flexibility index (Phi) is 2.66. The molecule has 2 aromatic rings. The number of aromatic nitrogens is 2. The van der Waals surface area contributed by atoms with Crippen LogP contribution in [0.1, 0.15) is 24.3 Å². The van der Waals surface area contributed by atoms with Crippen molar-refractivity contribution in [2.24, 2.45) is 0 Å². The fourth-order valence-corrected chi connectivity index (χ4v) is 2.66. The van der Waals surface area contributed by atoms with Crippen molar-refractivity contribution in [3.8, 4) is 0 Å². The summed E-state index contributed by atoms with van der Waals surface area (Å²) in [6.07, 6.45) is 4.63. The first kappa shape index (κ1) is 11.4. The maximum atomic E-state index is 11.9. The molecule has 0 aromatic carbocycles. The largest absolute Gasteiger partial charge is 0.306 e. The van der Waals surface area contributed by atoms with Gasteiger partial charge < -0.3 is 4.40 Å². The van der Waals surface area contributed by atoms with Crippen molar-refractivity contribution in [3.63, 3.8) is 0 Å². The number of amides is 2. The van der Waals surface area contributed by atoms with E-state index >= 15 is 0 Å². The van der Waals surface area contributed by atoms with E-state index in [1.54, 1.807) is 0 Å². The van der Waals surface area contributed by atoms with E-state index in [0.717, 1.165) is 15.8 Å². The molecule has 0 spiro atoms. The van der Waals surface area contributed by atoms with Crippen LogP contribution in [0.25, 0.3) is 5.65 Å². The number of halogens is 1. The molecule has 1 fully saturated rings. The third-order valence-corrected chi connectivity index (χ3v) is 3.48. The number of pyridine rings is 1. The smallest absolute Gasteiger partial charge is 0.234 e. The number of fused-ring (bicyclic) bond motifs is 1. The van der Waals surface area contributed by atoms with E-state index in [9.17, 15) is 9.59 Å². The Morgan fingerprint density at radius 1 is 1.44 bits per heavy atom. The summed E-state index contributed by atoms with van der Waals surface area (Å²) in [5.41, 5.74) is 1.60. The van der Waals surface area contributed by atoms with Crippen LogP contribution >= 0.6 is 15.9 Å². The molecule has 0 bridgehead atoms. The lowest BCUT2D eigenvalue weighted by molar-refractivity contribution is -0.134. The highest BCUT2D eigenvalue weighted by Gasteiger charge is 2.29. The second-order valence-electron chi connectivity index (χ2n) is 4.26. The van der Waals surface area contributed by atoms with Crippen LogP contribution in [-0.2, 0) is 9.59 Å². The van der Waals surface area contributed by atoms with Crippen molar-refractivity contribution in [2.45, 2.75) is 18.8 Å². The number of hydrogen-bond donors (Lipinski definition) is 1. The number of imide groups is 1. The number of imidazole rings is 1. The number of carbonyl (C=O) groups is 2. The summed E-state index contributed by atoms with van der Waals surface area (Å²) in [5, 5.41) is 2.37. The monoisotopic (exact) mass is 307 g/mol. The second kappa shape index (κ2) is 4.20.